The summed E-state index contributed by atoms with van der Waals surface area (Å²) in [5, 5.41) is 11.8. The van der Waals surface area contributed by atoms with Gasteiger partial charge >= 0.3 is 0 Å². The second kappa shape index (κ2) is 6.81. The zero-order chi connectivity index (χ0) is 10.5. The van der Waals surface area contributed by atoms with Gasteiger partial charge in [0.25, 0.3) is 0 Å². The van der Waals surface area contributed by atoms with Crippen molar-refractivity contribution in [2.24, 2.45) is 0 Å². The highest BCUT2D eigenvalue weighted by Gasteiger charge is 2.17. The molecule has 0 heterocycles. The second-order valence-electron chi connectivity index (χ2n) is 3.87. The molecule has 0 aliphatic carbocycles. The summed E-state index contributed by atoms with van der Waals surface area (Å²) in [6.07, 6.45) is 0.873. The van der Waals surface area contributed by atoms with Crippen LogP contribution in [0.25, 0.3) is 0 Å². The van der Waals surface area contributed by atoms with Crippen LogP contribution in [0.1, 0.15) is 6.92 Å². The number of carbonyl (C=O) groups excluding carboxylic acids is 1. The molecule has 1 unspecified atom stereocenters. The predicted molar refractivity (Wildman–Crippen MR) is 51.9 cm³/mol. The van der Waals surface area contributed by atoms with E-state index >= 15 is 0 Å². The predicted octanol–water partition coefficient (Wildman–Crippen LogP) is -3.29. The van der Waals surface area contributed by atoms with Crippen LogP contribution in [-0.4, -0.2) is 48.9 Å². The largest absolute Gasteiger partial charge is 1.00 e. The van der Waals surface area contributed by atoms with E-state index in [-0.39, 0.29) is 24.4 Å². The van der Waals surface area contributed by atoms with Gasteiger partial charge in [-0.05, 0) is 13.0 Å². The fourth-order valence-electron chi connectivity index (χ4n) is 1.14. The summed E-state index contributed by atoms with van der Waals surface area (Å²) in [6.45, 7) is 6.19. The number of nitrogens with one attached hydrogen (secondary N) is 1. The monoisotopic (exact) mass is 222 g/mol. The van der Waals surface area contributed by atoms with E-state index < -0.39 is 0 Å². The molecule has 0 saturated carbocycles. The molecule has 0 radical (unpaired) electrons. The van der Waals surface area contributed by atoms with Gasteiger partial charge in [-0.15, -0.1) is 0 Å². The van der Waals surface area contributed by atoms with Crippen LogP contribution in [0.15, 0.2) is 12.7 Å². The molecule has 0 aliphatic rings. The molecule has 0 spiro atoms. The third kappa shape index (κ3) is 8.04. The lowest BCUT2D eigenvalue weighted by molar-refractivity contribution is -0.894. The number of aliphatic hydroxyl groups excluding tert-OH is 1. The molecule has 0 aromatic rings. The SMILES string of the molecule is C=CC(=O)NC[N+](C)(C)CC(C)O.[Cl-]. The average molecular weight is 223 g/mol. The Morgan fingerprint density at radius 3 is 2.50 bits per heavy atom. The Kier molecular flexibility index (Phi) is 7.72. The van der Waals surface area contributed by atoms with E-state index in [0.29, 0.717) is 17.7 Å². The molecule has 0 rings (SSSR count). The van der Waals surface area contributed by atoms with Gasteiger partial charge < -0.3 is 27.3 Å². The number of nitrogens with zero attached hydrogens (tertiary/aromatic N) is 1. The maximum atomic E-state index is 10.8. The number of carbonyl (C=O) groups is 1. The molecule has 4 nitrogen and oxygen atoms in total. The highest BCUT2D eigenvalue weighted by molar-refractivity contribution is 5.86. The molecule has 1 amide bonds. The molecular formula is C9H19ClN2O2. The first-order valence-electron chi connectivity index (χ1n) is 4.28. The lowest BCUT2D eigenvalue weighted by Gasteiger charge is -2.30. The van der Waals surface area contributed by atoms with Crippen LogP contribution < -0.4 is 17.7 Å². The molecule has 84 valence electrons. The van der Waals surface area contributed by atoms with Crippen molar-refractivity contribution in [3.8, 4) is 0 Å². The van der Waals surface area contributed by atoms with Crippen LogP contribution >= 0.6 is 0 Å². The zero-order valence-corrected chi connectivity index (χ0v) is 9.71. The normalized spacial score (nSPS) is 12.6. The Bertz CT molecular complexity index is 193. The van der Waals surface area contributed by atoms with Crippen molar-refractivity contribution in [2.75, 3.05) is 27.3 Å². The molecule has 2 N–H and O–H groups in total. The quantitative estimate of drug-likeness (QED) is 0.291. The van der Waals surface area contributed by atoms with E-state index in [1.807, 2.05) is 14.1 Å². The average Bonchev–Trinajstić information content (AvgIpc) is 1.98. The minimum absolute atomic E-state index is 0. The van der Waals surface area contributed by atoms with Gasteiger partial charge in [-0.1, -0.05) is 6.58 Å². The molecule has 0 saturated heterocycles. The van der Waals surface area contributed by atoms with Crippen molar-refractivity contribution in [1.29, 1.82) is 0 Å². The van der Waals surface area contributed by atoms with Gasteiger partial charge in [-0.2, -0.15) is 0 Å². The van der Waals surface area contributed by atoms with Crippen molar-refractivity contribution in [3.63, 3.8) is 0 Å². The van der Waals surface area contributed by atoms with Gasteiger partial charge in [0.15, 0.2) is 6.67 Å². The summed E-state index contributed by atoms with van der Waals surface area (Å²) >= 11 is 0. The van der Waals surface area contributed by atoms with Crippen LogP contribution in [0.5, 0.6) is 0 Å². The Morgan fingerprint density at radius 1 is 1.64 bits per heavy atom. The van der Waals surface area contributed by atoms with E-state index in [1.165, 1.54) is 6.08 Å². The van der Waals surface area contributed by atoms with Crippen molar-refractivity contribution < 1.29 is 26.8 Å². The van der Waals surface area contributed by atoms with Crippen LogP contribution in [0.4, 0.5) is 0 Å². The van der Waals surface area contributed by atoms with Crippen molar-refractivity contribution in [1.82, 2.24) is 5.32 Å². The van der Waals surface area contributed by atoms with Crippen molar-refractivity contribution in [3.05, 3.63) is 12.7 Å². The maximum Gasteiger partial charge on any atom is 0.247 e. The Labute approximate surface area is 91.6 Å². The van der Waals surface area contributed by atoms with Crippen LogP contribution in [0.2, 0.25) is 0 Å². The van der Waals surface area contributed by atoms with E-state index in [4.69, 9.17) is 5.11 Å². The van der Waals surface area contributed by atoms with E-state index in [2.05, 4.69) is 11.9 Å². The number of likely N-dealkylation sites (N-methyl/N-ethyl adjacent to an activating group) is 1. The summed E-state index contributed by atoms with van der Waals surface area (Å²) in [5.41, 5.74) is 0. The molecule has 0 bridgehead atoms. The minimum atomic E-state index is -0.365. The summed E-state index contributed by atoms with van der Waals surface area (Å²) in [5.74, 6) is -0.184. The number of hydrogen-bond donors (Lipinski definition) is 2. The van der Waals surface area contributed by atoms with Gasteiger partial charge in [-0.3, -0.25) is 4.79 Å². The maximum absolute atomic E-state index is 10.8. The summed E-state index contributed by atoms with van der Waals surface area (Å²) in [4.78, 5) is 10.8. The topological polar surface area (TPSA) is 49.3 Å². The standard InChI is InChI=1S/C9H18N2O2.ClH/c1-5-9(13)10-7-11(3,4)6-8(2)12;/h5,8,12H,1,6-7H2,2-4H3;1H. The molecular weight excluding hydrogens is 204 g/mol. The smallest absolute Gasteiger partial charge is 0.247 e. The highest BCUT2D eigenvalue weighted by Crippen LogP contribution is 1.97. The van der Waals surface area contributed by atoms with Gasteiger partial charge in [0.05, 0.1) is 14.1 Å². The Morgan fingerprint density at radius 2 is 2.14 bits per heavy atom. The van der Waals surface area contributed by atoms with E-state index in [1.54, 1.807) is 6.92 Å². The fraction of sp³-hybridized carbons (Fsp3) is 0.667. The Balaban J connectivity index is 0. The molecule has 0 aromatic carbocycles. The zero-order valence-electron chi connectivity index (χ0n) is 8.96. The van der Waals surface area contributed by atoms with E-state index in [9.17, 15) is 4.79 Å². The molecule has 0 aromatic heterocycles. The van der Waals surface area contributed by atoms with Crippen LogP contribution in [0.3, 0.4) is 0 Å². The number of amides is 1. The lowest BCUT2D eigenvalue weighted by atomic mass is 10.3. The summed E-state index contributed by atoms with van der Waals surface area (Å²) < 4.78 is 0.553. The molecule has 5 heteroatoms. The van der Waals surface area contributed by atoms with Crippen LogP contribution in [0, 0.1) is 0 Å². The van der Waals surface area contributed by atoms with Gasteiger partial charge in [-0.25, -0.2) is 0 Å². The molecule has 14 heavy (non-hydrogen) atoms. The molecule has 1 atom stereocenters. The fourth-order valence-corrected chi connectivity index (χ4v) is 1.14. The van der Waals surface area contributed by atoms with Gasteiger partial charge in [0.2, 0.25) is 5.91 Å². The first-order chi connectivity index (χ1) is 5.87. The van der Waals surface area contributed by atoms with E-state index in [0.717, 1.165) is 0 Å². The molecule has 0 fully saturated rings. The number of aliphatic hydroxyl groups is 1. The summed E-state index contributed by atoms with van der Waals surface area (Å²) in [7, 11) is 3.88. The van der Waals surface area contributed by atoms with Gasteiger partial charge in [0, 0.05) is 0 Å². The highest BCUT2D eigenvalue weighted by atomic mass is 35.5. The third-order valence-corrected chi connectivity index (χ3v) is 1.63. The number of quaternary nitrogens is 1. The minimum Gasteiger partial charge on any atom is -1.00 e. The second-order valence-corrected chi connectivity index (χ2v) is 3.87. The molecule has 0 aliphatic heterocycles. The number of rotatable bonds is 5. The first kappa shape index (κ1) is 15.9. The third-order valence-electron chi connectivity index (χ3n) is 1.63. The summed E-state index contributed by atoms with van der Waals surface area (Å²) in [6, 6.07) is 0. The van der Waals surface area contributed by atoms with Crippen LogP contribution in [-0.2, 0) is 4.79 Å². The number of halogens is 1. The lowest BCUT2D eigenvalue weighted by Crippen LogP contribution is -3.00. The Hall–Kier alpha value is -0.580. The number of hydrogen-bond acceptors (Lipinski definition) is 2. The van der Waals surface area contributed by atoms with Gasteiger partial charge in [0.1, 0.15) is 12.6 Å². The van der Waals surface area contributed by atoms with Crippen molar-refractivity contribution in [2.45, 2.75) is 13.0 Å². The van der Waals surface area contributed by atoms with Crippen molar-refractivity contribution >= 4 is 5.91 Å². The first-order valence-corrected chi connectivity index (χ1v) is 4.28.